The maximum Gasteiger partial charge on any atom is 0.185 e. The number of benzene rings is 1. The van der Waals surface area contributed by atoms with E-state index in [2.05, 4.69) is 0 Å². The molecule has 0 heterocycles. The largest absolute Gasteiger partial charge is 0.288 e. The number of halogens is 2. The molecule has 19 heavy (non-hydrogen) atoms. The molecule has 1 aromatic carbocycles. The van der Waals surface area contributed by atoms with Gasteiger partial charge in [0.05, 0.1) is 20.7 Å². The Morgan fingerprint density at radius 3 is 2.63 bits per heavy atom. The van der Waals surface area contributed by atoms with Gasteiger partial charge in [-0.1, -0.05) is 41.4 Å². The molecule has 0 spiro atoms. The first-order chi connectivity index (χ1) is 9.00. The predicted molar refractivity (Wildman–Crippen MR) is 84.7 cm³/mol. The van der Waals surface area contributed by atoms with Gasteiger partial charge in [-0.3, -0.25) is 9.00 Å². The third kappa shape index (κ3) is 6.80. The highest BCUT2D eigenvalue weighted by Gasteiger charge is 2.08. The molecule has 0 aliphatic rings. The van der Waals surface area contributed by atoms with Crippen molar-refractivity contribution in [1.82, 2.24) is 0 Å². The third-order valence-corrected chi connectivity index (χ3v) is 5.48. The molecular weight excluding hydrogens is 323 g/mol. The van der Waals surface area contributed by atoms with Gasteiger partial charge in [-0.2, -0.15) is 0 Å². The maximum absolute atomic E-state index is 12.0. The van der Waals surface area contributed by atoms with Gasteiger partial charge in [0.1, 0.15) is 0 Å². The second-order valence-electron chi connectivity index (χ2n) is 4.03. The minimum absolute atomic E-state index is 0.150. The van der Waals surface area contributed by atoms with Crippen LogP contribution in [-0.4, -0.2) is 20.8 Å². The average molecular weight is 339 g/mol. The zero-order valence-corrected chi connectivity index (χ0v) is 13.8. The molecule has 0 fully saturated rings. The van der Waals surface area contributed by atoms with E-state index in [1.807, 2.05) is 0 Å². The van der Waals surface area contributed by atoms with Crippen LogP contribution in [0.5, 0.6) is 0 Å². The first kappa shape index (κ1) is 17.0. The van der Waals surface area contributed by atoms with Gasteiger partial charge in [-0.25, -0.2) is 0 Å². The summed E-state index contributed by atoms with van der Waals surface area (Å²) in [6, 6.07) is 5.02. The van der Waals surface area contributed by atoms with Gasteiger partial charge < -0.3 is 0 Å². The highest BCUT2D eigenvalue weighted by atomic mass is 35.5. The Labute approximate surface area is 130 Å². The minimum Gasteiger partial charge on any atom is -0.288 e. The van der Waals surface area contributed by atoms with Crippen molar-refractivity contribution in [2.45, 2.75) is 31.1 Å². The molecule has 0 aromatic heterocycles. The summed E-state index contributed by atoms with van der Waals surface area (Å²) in [6.45, 7) is 1.57. The molecule has 0 radical (unpaired) electrons. The molecule has 1 aromatic rings. The second-order valence-corrected chi connectivity index (χ2v) is 7.68. The lowest BCUT2D eigenvalue weighted by atomic mass is 10.3. The number of hydrogen-bond donors (Lipinski definition) is 0. The Hall–Kier alpha value is -0.0300. The quantitative estimate of drug-likeness (QED) is 0.684. The number of carbonyl (C=O) groups excluding carboxylic acids is 1. The molecule has 1 rings (SSSR count). The predicted octanol–water partition coefficient (Wildman–Crippen LogP) is 4.55. The fourth-order valence-electron chi connectivity index (χ4n) is 1.50. The van der Waals surface area contributed by atoms with Crippen LogP contribution < -0.4 is 0 Å². The summed E-state index contributed by atoms with van der Waals surface area (Å²) < 4.78 is 12.0. The molecule has 106 valence electrons. The molecule has 6 heteroatoms. The van der Waals surface area contributed by atoms with Gasteiger partial charge in [0.15, 0.2) is 5.12 Å². The summed E-state index contributed by atoms with van der Waals surface area (Å²) in [5, 5.41) is 1.15. The van der Waals surface area contributed by atoms with Crippen LogP contribution in [0.25, 0.3) is 0 Å². The highest BCUT2D eigenvalue weighted by Crippen LogP contribution is 2.24. The SMILES string of the molecule is CC(=O)SCCCCCS(=O)c1ccc(Cl)cc1Cl. The van der Waals surface area contributed by atoms with E-state index >= 15 is 0 Å². The third-order valence-electron chi connectivity index (χ3n) is 2.42. The molecule has 0 saturated carbocycles. The molecule has 0 amide bonds. The van der Waals surface area contributed by atoms with Crippen molar-refractivity contribution in [3.8, 4) is 0 Å². The van der Waals surface area contributed by atoms with Crippen LogP contribution in [0.3, 0.4) is 0 Å². The first-order valence-corrected chi connectivity index (χ1v) is 9.03. The van der Waals surface area contributed by atoms with Crippen LogP contribution in [-0.2, 0) is 15.6 Å². The van der Waals surface area contributed by atoms with Crippen LogP contribution in [0.15, 0.2) is 23.1 Å². The van der Waals surface area contributed by atoms with Crippen LogP contribution in [0.1, 0.15) is 26.2 Å². The fraction of sp³-hybridized carbons (Fsp3) is 0.462. The standard InChI is InChI=1S/C13H16Cl2O2S2/c1-10(16)18-7-3-2-4-8-19(17)13-6-5-11(14)9-12(13)15/h5-6,9H,2-4,7-8H2,1H3. The monoisotopic (exact) mass is 338 g/mol. The zero-order chi connectivity index (χ0) is 14.3. The van der Waals surface area contributed by atoms with Gasteiger partial charge in [0.25, 0.3) is 0 Å². The molecule has 0 bridgehead atoms. The first-order valence-electron chi connectivity index (χ1n) is 5.97. The number of hydrogen-bond acceptors (Lipinski definition) is 3. The Bertz CT molecular complexity index is 464. The maximum atomic E-state index is 12.0. The number of unbranched alkanes of at least 4 members (excludes halogenated alkanes) is 2. The number of thioether (sulfide) groups is 1. The molecule has 0 saturated heterocycles. The van der Waals surface area contributed by atoms with E-state index in [0.29, 0.717) is 20.7 Å². The van der Waals surface area contributed by atoms with E-state index in [0.717, 1.165) is 25.0 Å². The molecule has 0 N–H and O–H groups in total. The molecular formula is C13H16Cl2O2S2. The summed E-state index contributed by atoms with van der Waals surface area (Å²) >= 11 is 13.1. The van der Waals surface area contributed by atoms with E-state index in [1.165, 1.54) is 11.8 Å². The van der Waals surface area contributed by atoms with Gasteiger partial charge in [-0.15, -0.1) is 0 Å². The lowest BCUT2D eigenvalue weighted by Crippen LogP contribution is -1.99. The Morgan fingerprint density at radius 1 is 1.26 bits per heavy atom. The van der Waals surface area contributed by atoms with Gasteiger partial charge in [-0.05, 0) is 31.0 Å². The second kappa shape index (κ2) is 9.01. The lowest BCUT2D eigenvalue weighted by Gasteiger charge is -2.05. The van der Waals surface area contributed by atoms with E-state index in [4.69, 9.17) is 23.2 Å². The summed E-state index contributed by atoms with van der Waals surface area (Å²) in [5.41, 5.74) is 0. The van der Waals surface area contributed by atoms with Gasteiger partial charge in [0.2, 0.25) is 0 Å². The lowest BCUT2D eigenvalue weighted by molar-refractivity contribution is -0.109. The normalized spacial score (nSPS) is 12.4. The van der Waals surface area contributed by atoms with Crippen molar-refractivity contribution < 1.29 is 9.00 Å². The van der Waals surface area contributed by atoms with E-state index in [-0.39, 0.29) is 5.12 Å². The summed E-state index contributed by atoms with van der Waals surface area (Å²) in [6.07, 6.45) is 2.80. The number of rotatable bonds is 7. The average Bonchev–Trinajstić information content (AvgIpc) is 2.32. The minimum atomic E-state index is -1.08. The summed E-state index contributed by atoms with van der Waals surface area (Å²) in [4.78, 5) is 11.4. The van der Waals surface area contributed by atoms with Crippen molar-refractivity contribution in [1.29, 1.82) is 0 Å². The topological polar surface area (TPSA) is 34.1 Å². The molecule has 0 aliphatic heterocycles. The van der Waals surface area contributed by atoms with E-state index in [9.17, 15) is 9.00 Å². The van der Waals surface area contributed by atoms with Crippen LogP contribution in [0, 0.1) is 0 Å². The summed E-state index contributed by atoms with van der Waals surface area (Å²) in [5.74, 6) is 1.43. The van der Waals surface area contributed by atoms with Crippen LogP contribution >= 0.6 is 35.0 Å². The summed E-state index contributed by atoms with van der Waals surface area (Å²) in [7, 11) is -1.08. The van der Waals surface area contributed by atoms with Crippen LogP contribution in [0.2, 0.25) is 10.0 Å². The van der Waals surface area contributed by atoms with Gasteiger partial charge in [0, 0.05) is 23.5 Å². The number of carbonyl (C=O) groups is 1. The van der Waals surface area contributed by atoms with Crippen molar-refractivity contribution in [3.63, 3.8) is 0 Å². The molecule has 1 atom stereocenters. The van der Waals surface area contributed by atoms with Crippen molar-refractivity contribution in [2.75, 3.05) is 11.5 Å². The molecule has 1 unspecified atom stereocenters. The van der Waals surface area contributed by atoms with Crippen molar-refractivity contribution in [3.05, 3.63) is 28.2 Å². The van der Waals surface area contributed by atoms with E-state index < -0.39 is 10.8 Å². The molecule has 2 nitrogen and oxygen atoms in total. The Kier molecular flexibility index (Phi) is 8.07. The fourth-order valence-corrected chi connectivity index (χ4v) is 3.98. The van der Waals surface area contributed by atoms with Gasteiger partial charge >= 0.3 is 0 Å². The molecule has 0 aliphatic carbocycles. The highest BCUT2D eigenvalue weighted by molar-refractivity contribution is 8.13. The van der Waals surface area contributed by atoms with Crippen molar-refractivity contribution in [2.24, 2.45) is 0 Å². The van der Waals surface area contributed by atoms with Crippen LogP contribution in [0.4, 0.5) is 0 Å². The Morgan fingerprint density at radius 2 is 2.00 bits per heavy atom. The zero-order valence-electron chi connectivity index (χ0n) is 10.7. The smallest absolute Gasteiger partial charge is 0.185 e. The Balaban J connectivity index is 2.29. The van der Waals surface area contributed by atoms with E-state index in [1.54, 1.807) is 25.1 Å². The van der Waals surface area contributed by atoms with Crippen molar-refractivity contribution >= 4 is 50.9 Å².